The normalized spacial score (nSPS) is 10.9. The van der Waals surface area contributed by atoms with E-state index in [4.69, 9.17) is 0 Å². The Morgan fingerprint density at radius 2 is 1.72 bits per heavy atom. The third kappa shape index (κ3) is 12.5. The first-order chi connectivity index (χ1) is 12.2. The second-order valence-corrected chi connectivity index (χ2v) is 7.15. The molecule has 3 nitrogen and oxygen atoms in total. The van der Waals surface area contributed by atoms with E-state index in [1.165, 1.54) is 43.7 Å². The maximum Gasteiger partial charge on any atom is 0.244 e. The van der Waals surface area contributed by atoms with Gasteiger partial charge in [0.15, 0.2) is 5.12 Å². The second-order valence-electron chi connectivity index (χ2n) is 6.19. The minimum Gasteiger partial charge on any atom is -0.353 e. The molecule has 0 aromatic heterocycles. The Hall–Kier alpha value is -1.55. The van der Waals surface area contributed by atoms with Gasteiger partial charge in [-0.3, -0.25) is 9.59 Å². The number of nitrogens with one attached hydrogen (secondary N) is 1. The average molecular weight is 362 g/mol. The van der Waals surface area contributed by atoms with E-state index < -0.39 is 0 Å². The lowest BCUT2D eigenvalue weighted by Crippen LogP contribution is -2.21. The van der Waals surface area contributed by atoms with Crippen molar-refractivity contribution < 1.29 is 9.59 Å². The molecule has 1 aromatic carbocycles. The average Bonchev–Trinajstić information content (AvgIpc) is 2.62. The molecule has 0 saturated heterocycles. The van der Waals surface area contributed by atoms with Crippen molar-refractivity contribution in [1.82, 2.24) is 5.32 Å². The van der Waals surface area contributed by atoms with Gasteiger partial charge in [-0.25, -0.2) is 0 Å². The first kappa shape index (κ1) is 21.5. The maximum atomic E-state index is 11.8. The quantitative estimate of drug-likeness (QED) is 0.385. The van der Waals surface area contributed by atoms with Crippen molar-refractivity contribution in [1.29, 1.82) is 0 Å². The molecule has 0 unspecified atom stereocenters. The first-order valence-corrected chi connectivity index (χ1v) is 10.3. The molecule has 1 rings (SSSR count). The Balaban J connectivity index is 2.01. The zero-order valence-corrected chi connectivity index (χ0v) is 16.2. The first-order valence-electron chi connectivity index (χ1n) is 9.40. The van der Waals surface area contributed by atoms with E-state index in [0.29, 0.717) is 13.0 Å². The van der Waals surface area contributed by atoms with Crippen LogP contribution in [0.15, 0.2) is 41.8 Å². The van der Waals surface area contributed by atoms with E-state index in [2.05, 4.69) is 24.4 Å². The molecule has 1 N–H and O–H groups in total. The summed E-state index contributed by atoms with van der Waals surface area (Å²) >= 11 is 1.11. The van der Waals surface area contributed by atoms with Crippen molar-refractivity contribution in [3.8, 4) is 0 Å². The van der Waals surface area contributed by atoms with Crippen molar-refractivity contribution >= 4 is 22.8 Å². The van der Waals surface area contributed by atoms with E-state index in [1.807, 2.05) is 18.2 Å². The van der Waals surface area contributed by atoms with Crippen LogP contribution in [-0.4, -0.2) is 17.6 Å². The fourth-order valence-corrected chi connectivity index (χ4v) is 3.09. The van der Waals surface area contributed by atoms with Crippen molar-refractivity contribution in [2.24, 2.45) is 0 Å². The highest BCUT2D eigenvalue weighted by molar-refractivity contribution is 8.16. The fourth-order valence-electron chi connectivity index (χ4n) is 2.49. The largest absolute Gasteiger partial charge is 0.353 e. The molecule has 0 spiro atoms. The monoisotopic (exact) mass is 361 g/mol. The summed E-state index contributed by atoms with van der Waals surface area (Å²) < 4.78 is 0. The van der Waals surface area contributed by atoms with Gasteiger partial charge in [-0.2, -0.15) is 0 Å². The third-order valence-corrected chi connectivity index (χ3v) is 4.68. The van der Waals surface area contributed by atoms with Gasteiger partial charge in [0.25, 0.3) is 0 Å². The molecule has 138 valence electrons. The van der Waals surface area contributed by atoms with Crippen molar-refractivity contribution in [2.45, 2.75) is 64.7 Å². The molecule has 1 amide bonds. The number of amides is 1. The molecule has 0 saturated carbocycles. The third-order valence-electron chi connectivity index (χ3n) is 3.94. The molecule has 0 radical (unpaired) electrons. The number of aryl methyl sites for hydroxylation is 1. The Labute approximate surface area is 156 Å². The minimum atomic E-state index is -0.113. The smallest absolute Gasteiger partial charge is 0.244 e. The number of carbonyl (C=O) groups excluding carboxylic acids is 2. The Morgan fingerprint density at radius 3 is 2.48 bits per heavy atom. The summed E-state index contributed by atoms with van der Waals surface area (Å²) in [4.78, 5) is 23.4. The van der Waals surface area contributed by atoms with Crippen molar-refractivity contribution in [2.75, 3.05) is 6.54 Å². The van der Waals surface area contributed by atoms with Crippen LogP contribution in [0.25, 0.3) is 0 Å². The SMILES string of the molecule is CCCCCCCCNC(=O)C=CSC(=O)CCCc1ccccc1. The predicted octanol–water partition coefficient (Wildman–Crippen LogP) is 5.26. The summed E-state index contributed by atoms with van der Waals surface area (Å²) in [5, 5.41) is 4.57. The molecular formula is C21H31NO2S. The van der Waals surface area contributed by atoms with Gasteiger partial charge in [0.2, 0.25) is 5.91 Å². The summed E-state index contributed by atoms with van der Waals surface area (Å²) in [7, 11) is 0. The van der Waals surface area contributed by atoms with Gasteiger partial charge in [0.1, 0.15) is 0 Å². The molecule has 25 heavy (non-hydrogen) atoms. The maximum absolute atomic E-state index is 11.8. The van der Waals surface area contributed by atoms with Gasteiger partial charge in [0, 0.05) is 19.0 Å². The van der Waals surface area contributed by atoms with Gasteiger partial charge in [-0.15, -0.1) is 0 Å². The molecular weight excluding hydrogens is 330 g/mol. The van der Waals surface area contributed by atoms with Crippen LogP contribution in [0.2, 0.25) is 0 Å². The molecule has 0 heterocycles. The van der Waals surface area contributed by atoms with Crippen LogP contribution in [0.4, 0.5) is 0 Å². The summed E-state index contributed by atoms with van der Waals surface area (Å²) in [5.74, 6) is -0.113. The highest BCUT2D eigenvalue weighted by atomic mass is 32.2. The van der Waals surface area contributed by atoms with E-state index in [-0.39, 0.29) is 11.0 Å². The summed E-state index contributed by atoms with van der Waals surface area (Å²) in [6.45, 7) is 2.92. The topological polar surface area (TPSA) is 46.2 Å². The van der Waals surface area contributed by atoms with E-state index in [1.54, 1.807) is 5.41 Å². The fraction of sp³-hybridized carbons (Fsp3) is 0.524. The molecule has 4 heteroatoms. The number of hydrogen-bond donors (Lipinski definition) is 1. The lowest BCUT2D eigenvalue weighted by molar-refractivity contribution is -0.116. The lowest BCUT2D eigenvalue weighted by atomic mass is 10.1. The molecule has 0 aliphatic rings. The highest BCUT2D eigenvalue weighted by Crippen LogP contribution is 2.12. The number of hydrogen-bond acceptors (Lipinski definition) is 3. The van der Waals surface area contributed by atoms with Crippen molar-refractivity contribution in [3.63, 3.8) is 0 Å². The molecule has 1 aromatic rings. The summed E-state index contributed by atoms with van der Waals surface area (Å²) in [6, 6.07) is 10.2. The van der Waals surface area contributed by atoms with Crippen molar-refractivity contribution in [3.05, 3.63) is 47.4 Å². The predicted molar refractivity (Wildman–Crippen MR) is 108 cm³/mol. The van der Waals surface area contributed by atoms with Gasteiger partial charge in [-0.05, 0) is 30.2 Å². The molecule has 0 fully saturated rings. The second kappa shape index (κ2) is 14.8. The summed E-state index contributed by atoms with van der Waals surface area (Å²) in [6.07, 6.45) is 11.0. The van der Waals surface area contributed by atoms with Crippen LogP contribution in [0.3, 0.4) is 0 Å². The molecule has 0 bridgehead atoms. The van der Waals surface area contributed by atoms with Crippen LogP contribution in [-0.2, 0) is 16.0 Å². The molecule has 0 aliphatic carbocycles. The lowest BCUT2D eigenvalue weighted by Gasteiger charge is -2.02. The van der Waals surface area contributed by atoms with Crippen LogP contribution in [0, 0.1) is 0 Å². The number of benzene rings is 1. The standard InChI is InChI=1S/C21H31NO2S/c1-2-3-4-5-6-10-17-22-20(23)16-18-25-21(24)15-11-14-19-12-8-7-9-13-19/h7-9,12-13,16,18H,2-6,10-11,14-15,17H2,1H3,(H,22,23). The number of thioether (sulfide) groups is 1. The van der Waals surface area contributed by atoms with Gasteiger partial charge in [-0.1, -0.05) is 81.1 Å². The zero-order valence-electron chi connectivity index (χ0n) is 15.3. The van der Waals surface area contributed by atoms with Crippen LogP contribution < -0.4 is 5.32 Å². The van der Waals surface area contributed by atoms with E-state index in [0.717, 1.165) is 31.0 Å². The zero-order chi connectivity index (χ0) is 18.2. The van der Waals surface area contributed by atoms with E-state index in [9.17, 15) is 9.59 Å². The van der Waals surface area contributed by atoms with Crippen LogP contribution in [0.5, 0.6) is 0 Å². The minimum absolute atomic E-state index is 0.107. The number of unbranched alkanes of at least 4 members (excludes halogenated alkanes) is 5. The Bertz CT molecular complexity index is 514. The van der Waals surface area contributed by atoms with E-state index >= 15 is 0 Å². The molecule has 0 atom stereocenters. The molecule has 0 aliphatic heterocycles. The van der Waals surface area contributed by atoms with Gasteiger partial charge < -0.3 is 5.32 Å². The Morgan fingerprint density at radius 1 is 1.00 bits per heavy atom. The Kier molecular flexibility index (Phi) is 12.7. The summed E-state index contributed by atoms with van der Waals surface area (Å²) in [5.41, 5.74) is 1.25. The van der Waals surface area contributed by atoms with Gasteiger partial charge >= 0.3 is 0 Å². The van der Waals surface area contributed by atoms with Gasteiger partial charge in [0.05, 0.1) is 0 Å². The highest BCUT2D eigenvalue weighted by Gasteiger charge is 2.02. The number of rotatable bonds is 13. The number of carbonyl (C=O) groups is 2. The van der Waals surface area contributed by atoms with Crippen LogP contribution >= 0.6 is 11.8 Å². The van der Waals surface area contributed by atoms with Crippen LogP contribution in [0.1, 0.15) is 63.9 Å².